The largest absolute Gasteiger partial charge is 0.341 e. The van der Waals surface area contributed by atoms with Gasteiger partial charge in [0.05, 0.1) is 5.56 Å². The van der Waals surface area contributed by atoms with E-state index in [1.807, 2.05) is 0 Å². The van der Waals surface area contributed by atoms with Crippen LogP contribution in [0.2, 0.25) is 0 Å². The van der Waals surface area contributed by atoms with Gasteiger partial charge in [-0.25, -0.2) is 4.39 Å². The van der Waals surface area contributed by atoms with Crippen molar-refractivity contribution < 1.29 is 14.0 Å². The molecule has 0 unspecified atom stereocenters. The summed E-state index contributed by atoms with van der Waals surface area (Å²) in [5.74, 6) is -0.858. The van der Waals surface area contributed by atoms with Gasteiger partial charge >= 0.3 is 0 Å². The molecule has 4 nitrogen and oxygen atoms in total. The molecule has 0 radical (unpaired) electrons. The zero-order valence-corrected chi connectivity index (χ0v) is 12.8. The molecule has 0 aliphatic carbocycles. The molecular formula is C14H16BrFN2O2. The predicted octanol–water partition coefficient (Wildman–Crippen LogP) is 2.28. The van der Waals surface area contributed by atoms with Gasteiger partial charge in [0.25, 0.3) is 5.91 Å². The van der Waals surface area contributed by atoms with Crippen molar-refractivity contribution in [2.75, 3.05) is 26.2 Å². The van der Waals surface area contributed by atoms with Gasteiger partial charge in [-0.1, -0.05) is 6.07 Å². The van der Waals surface area contributed by atoms with Gasteiger partial charge < -0.3 is 9.80 Å². The summed E-state index contributed by atoms with van der Waals surface area (Å²) in [6.07, 6.45) is 0.706. The first-order valence-electron chi connectivity index (χ1n) is 6.49. The summed E-state index contributed by atoms with van der Waals surface area (Å²) in [7, 11) is 0. The fourth-order valence-electron chi connectivity index (χ4n) is 2.30. The van der Waals surface area contributed by atoms with Crippen LogP contribution in [0.5, 0.6) is 0 Å². The normalized spacial score (nSPS) is 15.9. The van der Waals surface area contributed by atoms with Crippen molar-refractivity contribution >= 4 is 27.7 Å². The van der Waals surface area contributed by atoms with E-state index in [2.05, 4.69) is 15.9 Å². The highest BCUT2D eigenvalue weighted by Crippen LogP contribution is 2.22. The van der Waals surface area contributed by atoms with E-state index in [1.165, 1.54) is 13.0 Å². The van der Waals surface area contributed by atoms with Gasteiger partial charge in [-0.2, -0.15) is 0 Å². The van der Waals surface area contributed by atoms with Gasteiger partial charge in [-0.15, -0.1) is 0 Å². The first-order chi connectivity index (χ1) is 9.50. The standard InChI is InChI=1S/C14H16BrFN2O2/c1-10(19)17-6-3-7-18(9-8-17)14(20)13-11(15)4-2-5-12(13)16/h2,4-5H,3,6-9H2,1H3. The minimum absolute atomic E-state index is 0.00590. The Labute approximate surface area is 125 Å². The number of hydrogen-bond acceptors (Lipinski definition) is 2. The molecule has 2 amide bonds. The number of carbonyl (C=O) groups is 2. The molecule has 0 saturated carbocycles. The van der Waals surface area contributed by atoms with Crippen LogP contribution in [0.4, 0.5) is 4.39 Å². The quantitative estimate of drug-likeness (QED) is 0.785. The van der Waals surface area contributed by atoms with Crippen molar-refractivity contribution in [3.8, 4) is 0 Å². The maximum absolute atomic E-state index is 13.8. The summed E-state index contributed by atoms with van der Waals surface area (Å²) >= 11 is 3.22. The number of benzene rings is 1. The summed E-state index contributed by atoms with van der Waals surface area (Å²) < 4.78 is 14.3. The molecule has 1 aromatic carbocycles. The van der Waals surface area contributed by atoms with Crippen molar-refractivity contribution in [1.82, 2.24) is 9.80 Å². The Morgan fingerprint density at radius 1 is 1.15 bits per heavy atom. The molecule has 0 aromatic heterocycles. The van der Waals surface area contributed by atoms with Crippen LogP contribution in [0.25, 0.3) is 0 Å². The number of hydrogen-bond donors (Lipinski definition) is 0. The molecule has 0 N–H and O–H groups in total. The molecular weight excluding hydrogens is 327 g/mol. The molecule has 1 heterocycles. The zero-order valence-electron chi connectivity index (χ0n) is 11.2. The van der Waals surface area contributed by atoms with Crippen LogP contribution in [0.15, 0.2) is 22.7 Å². The summed E-state index contributed by atoms with van der Waals surface area (Å²) in [5.41, 5.74) is 0.0591. The van der Waals surface area contributed by atoms with E-state index in [9.17, 15) is 14.0 Å². The van der Waals surface area contributed by atoms with Crippen molar-refractivity contribution in [2.45, 2.75) is 13.3 Å². The third-order valence-corrected chi connectivity index (χ3v) is 4.07. The highest BCUT2D eigenvalue weighted by molar-refractivity contribution is 9.10. The molecule has 1 aliphatic heterocycles. The Morgan fingerprint density at radius 2 is 1.80 bits per heavy atom. The molecule has 1 saturated heterocycles. The molecule has 0 spiro atoms. The van der Waals surface area contributed by atoms with E-state index in [4.69, 9.17) is 0 Å². The lowest BCUT2D eigenvalue weighted by molar-refractivity contribution is -0.128. The van der Waals surface area contributed by atoms with Gasteiger partial charge in [0.15, 0.2) is 0 Å². The van der Waals surface area contributed by atoms with Crippen LogP contribution in [0.3, 0.4) is 0 Å². The van der Waals surface area contributed by atoms with E-state index in [0.717, 1.165) is 0 Å². The Hall–Kier alpha value is -1.43. The Bertz CT molecular complexity index is 516. The van der Waals surface area contributed by atoms with Crippen LogP contribution < -0.4 is 0 Å². The molecule has 2 rings (SSSR count). The molecule has 1 aromatic rings. The maximum atomic E-state index is 13.8. The van der Waals surface area contributed by atoms with E-state index in [1.54, 1.807) is 21.9 Å². The minimum atomic E-state index is -0.531. The highest BCUT2D eigenvalue weighted by Gasteiger charge is 2.24. The second-order valence-corrected chi connectivity index (χ2v) is 5.60. The van der Waals surface area contributed by atoms with Crippen molar-refractivity contribution in [3.05, 3.63) is 34.1 Å². The average Bonchev–Trinajstić information content (AvgIpc) is 2.64. The van der Waals surface area contributed by atoms with Crippen LogP contribution in [-0.4, -0.2) is 47.8 Å². The summed E-state index contributed by atoms with van der Waals surface area (Å²) in [6.45, 7) is 3.61. The third-order valence-electron chi connectivity index (χ3n) is 3.41. The fraction of sp³-hybridized carbons (Fsp3) is 0.429. The van der Waals surface area contributed by atoms with Crippen molar-refractivity contribution in [2.24, 2.45) is 0 Å². The second kappa shape index (κ2) is 6.35. The van der Waals surface area contributed by atoms with Crippen LogP contribution in [-0.2, 0) is 4.79 Å². The lowest BCUT2D eigenvalue weighted by Gasteiger charge is -2.22. The first-order valence-corrected chi connectivity index (χ1v) is 7.29. The summed E-state index contributed by atoms with van der Waals surface area (Å²) in [4.78, 5) is 27.1. The van der Waals surface area contributed by atoms with E-state index in [-0.39, 0.29) is 17.4 Å². The number of halogens is 2. The van der Waals surface area contributed by atoms with Gasteiger partial charge in [0, 0.05) is 37.6 Å². The van der Waals surface area contributed by atoms with Crippen LogP contribution in [0.1, 0.15) is 23.7 Å². The Kier molecular flexibility index (Phi) is 4.75. The first kappa shape index (κ1) is 15.0. The second-order valence-electron chi connectivity index (χ2n) is 4.75. The van der Waals surface area contributed by atoms with Crippen LogP contribution >= 0.6 is 15.9 Å². The molecule has 20 heavy (non-hydrogen) atoms. The summed E-state index contributed by atoms with van der Waals surface area (Å²) in [6, 6.07) is 4.48. The number of carbonyl (C=O) groups excluding carboxylic acids is 2. The predicted molar refractivity (Wildman–Crippen MR) is 76.9 cm³/mol. The zero-order chi connectivity index (χ0) is 14.7. The van der Waals surface area contributed by atoms with Gasteiger partial charge in [0.1, 0.15) is 5.82 Å². The Balaban J connectivity index is 2.16. The number of rotatable bonds is 1. The van der Waals surface area contributed by atoms with Gasteiger partial charge in [-0.05, 0) is 34.5 Å². The number of nitrogens with zero attached hydrogens (tertiary/aromatic N) is 2. The van der Waals surface area contributed by atoms with Crippen molar-refractivity contribution in [3.63, 3.8) is 0 Å². The lowest BCUT2D eigenvalue weighted by Crippen LogP contribution is -2.37. The molecule has 0 atom stereocenters. The number of amides is 2. The Morgan fingerprint density at radius 3 is 2.45 bits per heavy atom. The lowest BCUT2D eigenvalue weighted by atomic mass is 10.2. The maximum Gasteiger partial charge on any atom is 0.258 e. The third kappa shape index (κ3) is 3.17. The highest BCUT2D eigenvalue weighted by atomic mass is 79.9. The smallest absolute Gasteiger partial charge is 0.258 e. The SMILES string of the molecule is CC(=O)N1CCCN(C(=O)c2c(F)cccc2Br)CC1. The average molecular weight is 343 g/mol. The van der Waals surface area contributed by atoms with Gasteiger partial charge in [-0.3, -0.25) is 9.59 Å². The van der Waals surface area contributed by atoms with Crippen molar-refractivity contribution in [1.29, 1.82) is 0 Å². The van der Waals surface area contributed by atoms with Crippen LogP contribution in [0, 0.1) is 5.82 Å². The summed E-state index contributed by atoms with van der Waals surface area (Å²) in [5, 5.41) is 0. The fourth-order valence-corrected chi connectivity index (χ4v) is 2.81. The topological polar surface area (TPSA) is 40.6 Å². The van der Waals surface area contributed by atoms with E-state index in [0.29, 0.717) is 37.1 Å². The minimum Gasteiger partial charge on any atom is -0.341 e. The van der Waals surface area contributed by atoms with E-state index < -0.39 is 5.82 Å². The molecule has 0 bridgehead atoms. The molecule has 1 aliphatic rings. The van der Waals surface area contributed by atoms with E-state index >= 15 is 0 Å². The molecule has 6 heteroatoms. The molecule has 1 fully saturated rings. The van der Waals surface area contributed by atoms with Gasteiger partial charge in [0.2, 0.25) is 5.91 Å². The monoisotopic (exact) mass is 342 g/mol. The molecule has 108 valence electrons.